The number of morpholine rings is 1. The molecule has 0 saturated carbocycles. The van der Waals surface area contributed by atoms with E-state index in [0.29, 0.717) is 10.9 Å². The van der Waals surface area contributed by atoms with Gasteiger partial charge in [0.25, 0.3) is 0 Å². The number of aldehydes is 1. The van der Waals surface area contributed by atoms with Crippen LogP contribution in [0.25, 0.3) is 0 Å². The molecule has 1 aliphatic heterocycles. The molecule has 0 spiro atoms. The van der Waals surface area contributed by atoms with Gasteiger partial charge >= 0.3 is 0 Å². The Morgan fingerprint density at radius 3 is 3.19 bits per heavy atom. The molecule has 2 unspecified atom stereocenters. The lowest BCUT2D eigenvalue weighted by Crippen LogP contribution is -2.48. The maximum absolute atomic E-state index is 10.6. The minimum atomic E-state index is 0.228. The number of carbonyl (C=O) groups is 1. The largest absolute Gasteiger partial charge is 0.375 e. The van der Waals surface area contributed by atoms with Crippen molar-refractivity contribution in [3.05, 3.63) is 11.1 Å². The van der Waals surface area contributed by atoms with Gasteiger partial charge in [-0.3, -0.25) is 4.79 Å². The fourth-order valence-electron chi connectivity index (χ4n) is 1.88. The van der Waals surface area contributed by atoms with Gasteiger partial charge in [0.05, 0.1) is 29.8 Å². The molecule has 5 heteroatoms. The van der Waals surface area contributed by atoms with Crippen LogP contribution in [0.3, 0.4) is 0 Å². The zero-order valence-corrected chi connectivity index (χ0v) is 10.4. The first kappa shape index (κ1) is 11.5. The molecule has 0 bridgehead atoms. The first-order valence-corrected chi connectivity index (χ1v) is 6.35. The number of ether oxygens (including phenoxy) is 1. The van der Waals surface area contributed by atoms with E-state index in [4.69, 9.17) is 4.74 Å². The summed E-state index contributed by atoms with van der Waals surface area (Å²) in [5.74, 6) is 0. The Balaban J connectivity index is 2.18. The summed E-state index contributed by atoms with van der Waals surface area (Å²) in [6.45, 7) is 5.80. The highest BCUT2D eigenvalue weighted by Crippen LogP contribution is 2.27. The molecule has 1 aromatic rings. The maximum atomic E-state index is 10.6. The summed E-state index contributed by atoms with van der Waals surface area (Å²) < 4.78 is 5.63. The van der Waals surface area contributed by atoms with E-state index in [1.807, 2.05) is 0 Å². The zero-order valence-electron chi connectivity index (χ0n) is 9.55. The molecule has 0 aliphatic carbocycles. The number of carbonyl (C=O) groups excluding carboxylic acids is 1. The van der Waals surface area contributed by atoms with Crippen LogP contribution in [0.4, 0.5) is 5.13 Å². The molecule has 2 atom stereocenters. The summed E-state index contributed by atoms with van der Waals surface area (Å²) in [5.41, 5.74) is 0. The number of aromatic nitrogens is 1. The number of hydrogen-bond donors (Lipinski definition) is 0. The minimum Gasteiger partial charge on any atom is -0.375 e. The second-order valence-electron chi connectivity index (χ2n) is 4.02. The average Bonchev–Trinajstić information content (AvgIpc) is 2.77. The lowest BCUT2D eigenvalue weighted by Gasteiger charge is -2.38. The molecule has 1 fully saturated rings. The normalized spacial score (nSPS) is 25.8. The van der Waals surface area contributed by atoms with Gasteiger partial charge in [-0.25, -0.2) is 4.98 Å². The van der Waals surface area contributed by atoms with Crippen LogP contribution in [0.15, 0.2) is 6.20 Å². The summed E-state index contributed by atoms with van der Waals surface area (Å²) in [5, 5.41) is 0.934. The van der Waals surface area contributed by atoms with Crippen LogP contribution in [0, 0.1) is 0 Å². The topological polar surface area (TPSA) is 42.4 Å². The number of nitrogens with zero attached hydrogens (tertiary/aromatic N) is 2. The molecule has 16 heavy (non-hydrogen) atoms. The molecule has 1 aliphatic rings. The smallest absolute Gasteiger partial charge is 0.186 e. The molecule has 2 heterocycles. The van der Waals surface area contributed by atoms with Gasteiger partial charge in [-0.15, -0.1) is 0 Å². The predicted molar refractivity (Wildman–Crippen MR) is 64.3 cm³/mol. The summed E-state index contributed by atoms with van der Waals surface area (Å²) in [4.78, 5) is 17.9. The third-order valence-corrected chi connectivity index (χ3v) is 3.77. The fraction of sp³-hybridized carbons (Fsp3) is 0.636. The number of anilines is 1. The lowest BCUT2D eigenvalue weighted by molar-refractivity contribution is 0.0299. The lowest BCUT2D eigenvalue weighted by atomic mass is 10.1. The van der Waals surface area contributed by atoms with Gasteiger partial charge in [-0.2, -0.15) is 0 Å². The van der Waals surface area contributed by atoms with Crippen molar-refractivity contribution in [1.29, 1.82) is 0 Å². The van der Waals surface area contributed by atoms with Crippen molar-refractivity contribution in [3.8, 4) is 0 Å². The van der Waals surface area contributed by atoms with E-state index < -0.39 is 0 Å². The SMILES string of the molecule is CCC1COC(C)CN1c1ncc(C=O)s1. The van der Waals surface area contributed by atoms with Crippen molar-refractivity contribution in [3.63, 3.8) is 0 Å². The van der Waals surface area contributed by atoms with E-state index in [-0.39, 0.29) is 6.10 Å². The number of rotatable bonds is 3. The third kappa shape index (κ3) is 2.25. The summed E-state index contributed by atoms with van der Waals surface area (Å²) in [6.07, 6.45) is 3.75. The monoisotopic (exact) mass is 240 g/mol. The quantitative estimate of drug-likeness (QED) is 0.757. The van der Waals surface area contributed by atoms with E-state index in [1.165, 1.54) is 11.3 Å². The van der Waals surface area contributed by atoms with E-state index in [9.17, 15) is 4.79 Å². The van der Waals surface area contributed by atoms with Gasteiger partial charge in [-0.05, 0) is 13.3 Å². The Kier molecular flexibility index (Phi) is 3.56. The first-order chi connectivity index (χ1) is 7.74. The summed E-state index contributed by atoms with van der Waals surface area (Å²) >= 11 is 1.45. The van der Waals surface area contributed by atoms with Crippen LogP contribution in [-0.2, 0) is 4.74 Å². The second kappa shape index (κ2) is 4.93. The molecule has 4 nitrogen and oxygen atoms in total. The van der Waals surface area contributed by atoms with Crippen molar-refractivity contribution < 1.29 is 9.53 Å². The van der Waals surface area contributed by atoms with Gasteiger partial charge in [-0.1, -0.05) is 18.3 Å². The Morgan fingerprint density at radius 1 is 1.75 bits per heavy atom. The minimum absolute atomic E-state index is 0.228. The maximum Gasteiger partial charge on any atom is 0.186 e. The Hall–Kier alpha value is -0.940. The zero-order chi connectivity index (χ0) is 11.5. The third-order valence-electron chi connectivity index (χ3n) is 2.81. The Morgan fingerprint density at radius 2 is 2.56 bits per heavy atom. The molecule has 1 aromatic heterocycles. The van der Waals surface area contributed by atoms with Crippen LogP contribution in [-0.4, -0.2) is 36.6 Å². The number of hydrogen-bond acceptors (Lipinski definition) is 5. The van der Waals surface area contributed by atoms with Gasteiger partial charge in [0.15, 0.2) is 11.4 Å². The van der Waals surface area contributed by atoms with Crippen LogP contribution in [0.5, 0.6) is 0 Å². The Labute approximate surface area is 99.2 Å². The van der Waals surface area contributed by atoms with Crippen molar-refractivity contribution >= 4 is 22.8 Å². The van der Waals surface area contributed by atoms with Crippen molar-refractivity contribution in [1.82, 2.24) is 4.98 Å². The summed E-state index contributed by atoms with van der Waals surface area (Å²) in [6, 6.07) is 0.377. The molecule has 0 amide bonds. The highest BCUT2D eigenvalue weighted by Gasteiger charge is 2.27. The molecule has 0 aromatic carbocycles. The van der Waals surface area contributed by atoms with E-state index >= 15 is 0 Å². The molecule has 1 saturated heterocycles. The van der Waals surface area contributed by atoms with Crippen LogP contribution in [0.2, 0.25) is 0 Å². The van der Waals surface area contributed by atoms with Crippen LogP contribution < -0.4 is 4.90 Å². The van der Waals surface area contributed by atoms with Crippen molar-refractivity contribution in [2.24, 2.45) is 0 Å². The van der Waals surface area contributed by atoms with Crippen molar-refractivity contribution in [2.75, 3.05) is 18.1 Å². The highest BCUT2D eigenvalue weighted by atomic mass is 32.1. The molecule has 0 radical (unpaired) electrons. The van der Waals surface area contributed by atoms with E-state index in [2.05, 4.69) is 23.7 Å². The van der Waals surface area contributed by atoms with E-state index in [1.54, 1.807) is 6.20 Å². The van der Waals surface area contributed by atoms with Gasteiger partial charge < -0.3 is 9.64 Å². The standard InChI is InChI=1S/C11H16N2O2S/c1-3-9-7-15-8(2)5-13(9)11-12-4-10(6-14)16-11/h4,6,8-9H,3,5,7H2,1-2H3. The van der Waals surface area contributed by atoms with E-state index in [0.717, 1.165) is 31.0 Å². The first-order valence-electron chi connectivity index (χ1n) is 5.53. The molecule has 2 rings (SSSR count). The molecular weight excluding hydrogens is 224 g/mol. The van der Waals surface area contributed by atoms with Crippen molar-refractivity contribution in [2.45, 2.75) is 32.4 Å². The molecule has 88 valence electrons. The fourth-order valence-corrected chi connectivity index (χ4v) is 2.69. The van der Waals surface area contributed by atoms with Crippen LogP contribution in [0.1, 0.15) is 29.9 Å². The van der Waals surface area contributed by atoms with Crippen LogP contribution >= 0.6 is 11.3 Å². The van der Waals surface area contributed by atoms with Gasteiger partial charge in [0, 0.05) is 6.54 Å². The van der Waals surface area contributed by atoms with Gasteiger partial charge in [0.1, 0.15) is 0 Å². The van der Waals surface area contributed by atoms with Gasteiger partial charge in [0.2, 0.25) is 0 Å². The Bertz CT molecular complexity index is 367. The highest BCUT2D eigenvalue weighted by molar-refractivity contribution is 7.17. The molecule has 0 N–H and O–H groups in total. The number of thiazole rings is 1. The second-order valence-corrected chi connectivity index (χ2v) is 5.06. The average molecular weight is 240 g/mol. The molecular formula is C11H16N2O2S. The summed E-state index contributed by atoms with van der Waals surface area (Å²) in [7, 11) is 0. The predicted octanol–water partition coefficient (Wildman–Crippen LogP) is 1.96.